The summed E-state index contributed by atoms with van der Waals surface area (Å²) in [5.41, 5.74) is -0.148. The van der Waals surface area contributed by atoms with Crippen LogP contribution in [0.5, 0.6) is 0 Å². The van der Waals surface area contributed by atoms with Gasteiger partial charge in [-0.15, -0.1) is 0 Å². The van der Waals surface area contributed by atoms with Gasteiger partial charge in [-0.3, -0.25) is 0 Å². The first kappa shape index (κ1) is 10.4. The Morgan fingerprint density at radius 3 is 2.54 bits per heavy atom. The molecular weight excluding hydrogens is 178 g/mol. The largest absolute Gasteiger partial charge is 0.458 e. The van der Waals surface area contributed by atoms with Crippen LogP contribution in [0, 0.1) is 5.41 Å². The van der Waals surface area contributed by atoms with E-state index in [0.717, 1.165) is 12.8 Å². The molecule has 0 spiro atoms. The first-order chi connectivity index (χ1) is 5.93. The smallest absolute Gasteiger partial charge is 0.374 e. The third kappa shape index (κ3) is 2.39. The summed E-state index contributed by atoms with van der Waals surface area (Å²) in [6.07, 6.45) is -0.779. The average Bonchev–Trinajstić information content (AvgIpc) is 2.30. The molecule has 0 aliphatic heterocycles. The zero-order valence-corrected chi connectivity index (χ0v) is 7.85. The molecule has 4 heteroatoms. The van der Waals surface area contributed by atoms with Crippen LogP contribution in [0.3, 0.4) is 0 Å². The maximum atomic E-state index is 11.9. The lowest BCUT2D eigenvalue weighted by atomic mass is 9.89. The Balaban J connectivity index is 2.50. The van der Waals surface area contributed by atoms with Crippen molar-refractivity contribution in [3.05, 3.63) is 0 Å². The Labute approximate surface area is 76.3 Å². The van der Waals surface area contributed by atoms with Gasteiger partial charge in [0.15, 0.2) is 0 Å². The van der Waals surface area contributed by atoms with Crippen molar-refractivity contribution in [1.29, 1.82) is 0 Å². The number of rotatable bonds is 2. The van der Waals surface area contributed by atoms with Gasteiger partial charge in [0.25, 0.3) is 0 Å². The minimum Gasteiger partial charge on any atom is -0.458 e. The van der Waals surface area contributed by atoms with E-state index in [-0.39, 0.29) is 11.5 Å². The molecule has 1 aliphatic rings. The normalized spacial score (nSPS) is 26.4. The first-order valence-corrected chi connectivity index (χ1v) is 4.42. The Bertz CT molecular complexity index is 202. The van der Waals surface area contributed by atoms with E-state index in [2.05, 4.69) is 0 Å². The fourth-order valence-electron chi connectivity index (χ4n) is 1.70. The molecule has 1 rings (SSSR count). The Morgan fingerprint density at radius 2 is 2.15 bits per heavy atom. The van der Waals surface area contributed by atoms with Crippen LogP contribution in [0.2, 0.25) is 0 Å². The molecule has 0 radical (unpaired) electrons. The highest BCUT2D eigenvalue weighted by molar-refractivity contribution is 5.73. The fraction of sp³-hybridized carbons (Fsp3) is 0.889. The second-order valence-corrected chi connectivity index (χ2v) is 4.11. The van der Waals surface area contributed by atoms with Gasteiger partial charge in [-0.1, -0.05) is 13.8 Å². The molecule has 1 saturated carbocycles. The number of halogens is 2. The number of esters is 1. The van der Waals surface area contributed by atoms with Gasteiger partial charge >= 0.3 is 12.4 Å². The van der Waals surface area contributed by atoms with Crippen LogP contribution in [-0.4, -0.2) is 18.5 Å². The van der Waals surface area contributed by atoms with E-state index in [9.17, 15) is 13.6 Å². The maximum Gasteiger partial charge on any atom is 0.374 e. The predicted octanol–water partition coefficient (Wildman–Crippen LogP) is 2.37. The van der Waals surface area contributed by atoms with Crippen molar-refractivity contribution >= 4 is 5.97 Å². The molecule has 2 nitrogen and oxygen atoms in total. The van der Waals surface area contributed by atoms with Crippen molar-refractivity contribution in [2.45, 2.75) is 45.6 Å². The fourth-order valence-corrected chi connectivity index (χ4v) is 1.70. The van der Waals surface area contributed by atoms with Gasteiger partial charge in [0.05, 0.1) is 0 Å². The van der Waals surface area contributed by atoms with E-state index in [4.69, 9.17) is 4.74 Å². The van der Waals surface area contributed by atoms with E-state index in [1.54, 1.807) is 0 Å². The highest BCUT2D eigenvalue weighted by Crippen LogP contribution is 2.39. The summed E-state index contributed by atoms with van der Waals surface area (Å²) in [6.45, 7) is 3.87. The molecule has 13 heavy (non-hydrogen) atoms. The van der Waals surface area contributed by atoms with Gasteiger partial charge in [-0.05, 0) is 19.3 Å². The number of carbonyl (C=O) groups excluding carboxylic acids is 1. The molecule has 0 aromatic carbocycles. The summed E-state index contributed by atoms with van der Waals surface area (Å²) in [6, 6.07) is 0. The Kier molecular flexibility index (Phi) is 2.88. The number of hydrogen-bond donors (Lipinski definition) is 0. The number of alkyl halides is 2. The molecule has 1 fully saturated rings. The first-order valence-electron chi connectivity index (χ1n) is 4.42. The molecule has 0 saturated heterocycles. The van der Waals surface area contributed by atoms with Crippen molar-refractivity contribution in [1.82, 2.24) is 0 Å². The van der Waals surface area contributed by atoms with Crippen LogP contribution in [0.4, 0.5) is 8.78 Å². The van der Waals surface area contributed by atoms with Gasteiger partial charge in [0.1, 0.15) is 6.10 Å². The zero-order chi connectivity index (χ0) is 10.1. The highest BCUT2D eigenvalue weighted by atomic mass is 19.3. The topological polar surface area (TPSA) is 26.3 Å². The maximum absolute atomic E-state index is 11.9. The quantitative estimate of drug-likeness (QED) is 0.628. The molecule has 1 atom stereocenters. The van der Waals surface area contributed by atoms with Crippen LogP contribution in [0.1, 0.15) is 33.1 Å². The summed E-state index contributed by atoms with van der Waals surface area (Å²) in [7, 11) is 0. The van der Waals surface area contributed by atoms with Crippen LogP contribution in [0.15, 0.2) is 0 Å². The number of ether oxygens (including phenoxy) is 1. The molecule has 0 bridgehead atoms. The Hall–Kier alpha value is -0.670. The van der Waals surface area contributed by atoms with Crippen LogP contribution >= 0.6 is 0 Å². The standard InChI is InChI=1S/C9H14F2O2/c1-9(2)5-3-4-6(9)13-8(12)7(10)11/h6-7H,3-5H2,1-2H3. The lowest BCUT2D eigenvalue weighted by Crippen LogP contribution is -2.31. The zero-order valence-electron chi connectivity index (χ0n) is 7.85. The van der Waals surface area contributed by atoms with Crippen molar-refractivity contribution in [2.75, 3.05) is 0 Å². The van der Waals surface area contributed by atoms with Crippen LogP contribution < -0.4 is 0 Å². The van der Waals surface area contributed by atoms with Gasteiger partial charge in [-0.2, -0.15) is 8.78 Å². The van der Waals surface area contributed by atoms with Gasteiger partial charge in [0, 0.05) is 5.41 Å². The summed E-state index contributed by atoms with van der Waals surface area (Å²) in [4.78, 5) is 10.6. The molecule has 0 N–H and O–H groups in total. The SMILES string of the molecule is CC1(C)CCCC1OC(=O)C(F)F. The predicted molar refractivity (Wildman–Crippen MR) is 43.5 cm³/mol. The van der Waals surface area contributed by atoms with Gasteiger partial charge in [0.2, 0.25) is 0 Å². The molecule has 1 unspecified atom stereocenters. The minimum absolute atomic E-state index is 0.148. The van der Waals surface area contributed by atoms with Crippen molar-refractivity contribution in [2.24, 2.45) is 5.41 Å². The van der Waals surface area contributed by atoms with Crippen molar-refractivity contribution in [3.8, 4) is 0 Å². The summed E-state index contributed by atoms with van der Waals surface area (Å²) in [5, 5.41) is 0. The van der Waals surface area contributed by atoms with Gasteiger partial charge in [-0.25, -0.2) is 4.79 Å². The number of carbonyl (C=O) groups is 1. The van der Waals surface area contributed by atoms with Crippen molar-refractivity contribution < 1.29 is 18.3 Å². The third-order valence-corrected chi connectivity index (χ3v) is 2.60. The van der Waals surface area contributed by atoms with E-state index in [1.807, 2.05) is 13.8 Å². The Morgan fingerprint density at radius 1 is 1.54 bits per heavy atom. The van der Waals surface area contributed by atoms with Gasteiger partial charge < -0.3 is 4.74 Å². The van der Waals surface area contributed by atoms with E-state index >= 15 is 0 Å². The lowest BCUT2D eigenvalue weighted by Gasteiger charge is -2.26. The molecule has 1 aliphatic carbocycles. The summed E-state index contributed by atoms with van der Waals surface area (Å²) in [5.74, 6) is -1.39. The summed E-state index contributed by atoms with van der Waals surface area (Å²) < 4.78 is 28.4. The van der Waals surface area contributed by atoms with E-state index < -0.39 is 12.4 Å². The van der Waals surface area contributed by atoms with Crippen LogP contribution in [0.25, 0.3) is 0 Å². The summed E-state index contributed by atoms with van der Waals surface area (Å²) >= 11 is 0. The van der Waals surface area contributed by atoms with E-state index in [0.29, 0.717) is 6.42 Å². The molecule has 0 heterocycles. The molecular formula is C9H14F2O2. The molecule has 0 aromatic heterocycles. The lowest BCUT2D eigenvalue weighted by molar-refractivity contribution is -0.166. The average molecular weight is 192 g/mol. The van der Waals surface area contributed by atoms with Crippen LogP contribution in [-0.2, 0) is 9.53 Å². The molecule has 0 amide bonds. The van der Waals surface area contributed by atoms with Crippen molar-refractivity contribution in [3.63, 3.8) is 0 Å². The molecule has 76 valence electrons. The minimum atomic E-state index is -3.00. The van der Waals surface area contributed by atoms with E-state index in [1.165, 1.54) is 0 Å². The number of hydrogen-bond acceptors (Lipinski definition) is 2. The third-order valence-electron chi connectivity index (χ3n) is 2.60. The second kappa shape index (κ2) is 3.60. The highest BCUT2D eigenvalue weighted by Gasteiger charge is 2.38. The molecule has 0 aromatic rings. The monoisotopic (exact) mass is 192 g/mol. The second-order valence-electron chi connectivity index (χ2n) is 4.11.